The van der Waals surface area contributed by atoms with E-state index in [0.717, 1.165) is 18.4 Å². The Labute approximate surface area is 153 Å². The van der Waals surface area contributed by atoms with Crippen molar-refractivity contribution in [1.82, 2.24) is 9.21 Å². The molecule has 0 radical (unpaired) electrons. The van der Waals surface area contributed by atoms with Crippen molar-refractivity contribution in [3.8, 4) is 0 Å². The molecule has 1 atom stereocenters. The molecule has 3 rings (SSSR count). The first-order valence-electron chi connectivity index (χ1n) is 9.01. The topological polar surface area (TPSA) is 95.0 Å². The zero-order chi connectivity index (χ0) is 18.7. The summed E-state index contributed by atoms with van der Waals surface area (Å²) in [6, 6.07) is 5.92. The lowest BCUT2D eigenvalue weighted by Crippen LogP contribution is -2.40. The largest absolute Gasteiger partial charge is 0.480 e. The van der Waals surface area contributed by atoms with Gasteiger partial charge in [-0.15, -0.1) is 0 Å². The van der Waals surface area contributed by atoms with Gasteiger partial charge in [-0.1, -0.05) is 12.1 Å². The van der Waals surface area contributed by atoms with Crippen LogP contribution in [-0.4, -0.2) is 60.3 Å². The third-order valence-corrected chi connectivity index (χ3v) is 7.02. The first-order chi connectivity index (χ1) is 12.4. The van der Waals surface area contributed by atoms with Crippen molar-refractivity contribution in [2.75, 3.05) is 19.6 Å². The van der Waals surface area contributed by atoms with Crippen LogP contribution in [0.4, 0.5) is 0 Å². The van der Waals surface area contributed by atoms with E-state index in [0.29, 0.717) is 38.9 Å². The van der Waals surface area contributed by atoms with Crippen molar-refractivity contribution in [2.24, 2.45) is 0 Å². The Kier molecular flexibility index (Phi) is 5.62. The molecule has 7 nitrogen and oxygen atoms in total. The summed E-state index contributed by atoms with van der Waals surface area (Å²) in [6.07, 6.45) is 3.70. The highest BCUT2D eigenvalue weighted by molar-refractivity contribution is 7.89. The smallest absolute Gasteiger partial charge is 0.326 e. The molecule has 142 valence electrons. The highest BCUT2D eigenvalue weighted by Gasteiger charge is 2.33. The summed E-state index contributed by atoms with van der Waals surface area (Å²) in [5.74, 6) is -1.11. The van der Waals surface area contributed by atoms with Crippen molar-refractivity contribution in [3.05, 3.63) is 29.8 Å². The van der Waals surface area contributed by atoms with E-state index in [9.17, 15) is 18.0 Å². The van der Waals surface area contributed by atoms with Crippen molar-refractivity contribution >= 4 is 21.9 Å². The molecule has 0 aromatic heterocycles. The van der Waals surface area contributed by atoms with Crippen molar-refractivity contribution in [2.45, 2.75) is 49.5 Å². The predicted octanol–water partition coefficient (Wildman–Crippen LogP) is 1.48. The van der Waals surface area contributed by atoms with Crippen LogP contribution in [0.15, 0.2) is 29.2 Å². The number of amides is 1. The molecule has 26 heavy (non-hydrogen) atoms. The molecule has 1 N–H and O–H groups in total. The number of carboxylic acids is 1. The van der Waals surface area contributed by atoms with E-state index in [-0.39, 0.29) is 17.2 Å². The van der Waals surface area contributed by atoms with Crippen LogP contribution in [0.5, 0.6) is 0 Å². The van der Waals surface area contributed by atoms with Gasteiger partial charge in [-0.05, 0) is 49.8 Å². The minimum atomic E-state index is -3.42. The highest BCUT2D eigenvalue weighted by atomic mass is 32.2. The molecule has 2 heterocycles. The zero-order valence-corrected chi connectivity index (χ0v) is 15.5. The average Bonchev–Trinajstić information content (AvgIpc) is 3.31. The summed E-state index contributed by atoms with van der Waals surface area (Å²) in [7, 11) is -3.42. The van der Waals surface area contributed by atoms with Crippen LogP contribution in [0, 0.1) is 0 Å². The lowest BCUT2D eigenvalue weighted by molar-refractivity contribution is -0.148. The maximum absolute atomic E-state index is 12.5. The summed E-state index contributed by atoms with van der Waals surface area (Å²) >= 11 is 0. The molecule has 0 aliphatic carbocycles. The monoisotopic (exact) mass is 380 g/mol. The molecule has 0 spiro atoms. The van der Waals surface area contributed by atoms with E-state index in [1.165, 1.54) is 9.21 Å². The quantitative estimate of drug-likeness (QED) is 0.807. The van der Waals surface area contributed by atoms with Gasteiger partial charge in [0.05, 0.1) is 4.90 Å². The van der Waals surface area contributed by atoms with Gasteiger partial charge in [0, 0.05) is 26.1 Å². The Morgan fingerprint density at radius 3 is 2.31 bits per heavy atom. The van der Waals surface area contributed by atoms with E-state index in [1.54, 1.807) is 24.3 Å². The van der Waals surface area contributed by atoms with Crippen molar-refractivity contribution in [3.63, 3.8) is 0 Å². The Hall–Kier alpha value is -1.93. The number of rotatable bonds is 6. The number of aliphatic carboxylic acids is 1. The SMILES string of the molecule is O=C(O)C1CCCN1C(=O)CCc1ccc(S(=O)(=O)N2CCCC2)cc1. The Bertz CT molecular complexity index is 769. The molecule has 8 heteroatoms. The number of benzene rings is 1. The van der Waals surface area contributed by atoms with Gasteiger partial charge in [0.1, 0.15) is 6.04 Å². The van der Waals surface area contributed by atoms with Gasteiger partial charge < -0.3 is 10.0 Å². The summed E-state index contributed by atoms with van der Waals surface area (Å²) in [6.45, 7) is 1.63. The van der Waals surface area contributed by atoms with Gasteiger partial charge >= 0.3 is 5.97 Å². The third-order valence-electron chi connectivity index (χ3n) is 5.11. The van der Waals surface area contributed by atoms with Gasteiger partial charge in [-0.25, -0.2) is 13.2 Å². The van der Waals surface area contributed by atoms with Crippen molar-refractivity contribution < 1.29 is 23.1 Å². The number of hydrogen-bond donors (Lipinski definition) is 1. The fraction of sp³-hybridized carbons (Fsp3) is 0.556. The van der Waals surface area contributed by atoms with Crippen LogP contribution in [0.3, 0.4) is 0 Å². The van der Waals surface area contributed by atoms with Crippen LogP contribution >= 0.6 is 0 Å². The highest BCUT2D eigenvalue weighted by Crippen LogP contribution is 2.22. The number of carbonyl (C=O) groups excluding carboxylic acids is 1. The zero-order valence-electron chi connectivity index (χ0n) is 14.6. The maximum Gasteiger partial charge on any atom is 0.326 e. The van der Waals surface area contributed by atoms with E-state index < -0.39 is 22.0 Å². The number of likely N-dealkylation sites (tertiary alicyclic amines) is 1. The van der Waals surface area contributed by atoms with Gasteiger partial charge in [0.25, 0.3) is 0 Å². The molecule has 2 aliphatic heterocycles. The third kappa shape index (κ3) is 3.91. The number of carbonyl (C=O) groups is 2. The number of sulfonamides is 1. The normalized spacial score (nSPS) is 21.2. The summed E-state index contributed by atoms with van der Waals surface area (Å²) in [5, 5.41) is 9.16. The fourth-order valence-corrected chi connectivity index (χ4v) is 5.14. The van der Waals surface area contributed by atoms with Crippen molar-refractivity contribution in [1.29, 1.82) is 0 Å². The standard InChI is InChI=1S/C18H24N2O5S/c21-17(20-13-3-4-16(20)18(22)23)10-7-14-5-8-15(9-6-14)26(24,25)19-11-1-2-12-19/h5-6,8-9,16H,1-4,7,10-13H2,(H,22,23). The van der Waals surface area contributed by atoms with Gasteiger partial charge in [-0.3, -0.25) is 4.79 Å². The molecule has 1 aromatic carbocycles. The van der Waals surface area contributed by atoms with Gasteiger partial charge in [-0.2, -0.15) is 4.31 Å². The van der Waals surface area contributed by atoms with E-state index in [2.05, 4.69) is 0 Å². The Balaban J connectivity index is 1.59. The number of nitrogens with zero attached hydrogens (tertiary/aromatic N) is 2. The number of hydrogen-bond acceptors (Lipinski definition) is 4. The molecule has 1 unspecified atom stereocenters. The molecule has 0 saturated carbocycles. The van der Waals surface area contributed by atoms with Crippen LogP contribution < -0.4 is 0 Å². The minimum Gasteiger partial charge on any atom is -0.480 e. The first kappa shape index (κ1) is 18.8. The number of aryl methyl sites for hydroxylation is 1. The molecule has 1 aromatic rings. The van der Waals surface area contributed by atoms with Crippen LogP contribution in [-0.2, 0) is 26.0 Å². The second kappa shape index (κ2) is 7.75. The van der Waals surface area contributed by atoms with Crippen LogP contribution in [0.1, 0.15) is 37.7 Å². The minimum absolute atomic E-state index is 0.163. The van der Waals surface area contributed by atoms with E-state index in [4.69, 9.17) is 5.11 Å². The van der Waals surface area contributed by atoms with Gasteiger partial charge in [0.2, 0.25) is 15.9 Å². The lowest BCUT2D eigenvalue weighted by atomic mass is 10.1. The molecule has 1 amide bonds. The second-order valence-corrected chi connectivity index (χ2v) is 8.78. The molecular weight excluding hydrogens is 356 g/mol. The molecule has 0 bridgehead atoms. The van der Waals surface area contributed by atoms with E-state index in [1.807, 2.05) is 0 Å². The molecule has 2 aliphatic rings. The average molecular weight is 380 g/mol. The molecular formula is C18H24N2O5S. The second-order valence-electron chi connectivity index (χ2n) is 6.84. The number of carboxylic acid groups (broad SMARTS) is 1. The summed E-state index contributed by atoms with van der Waals surface area (Å²) in [4.78, 5) is 25.2. The molecule has 2 saturated heterocycles. The predicted molar refractivity (Wildman–Crippen MR) is 95.1 cm³/mol. The van der Waals surface area contributed by atoms with Crippen LogP contribution in [0.2, 0.25) is 0 Å². The maximum atomic E-state index is 12.5. The fourth-order valence-electron chi connectivity index (χ4n) is 3.62. The van der Waals surface area contributed by atoms with Crippen LogP contribution in [0.25, 0.3) is 0 Å². The van der Waals surface area contributed by atoms with Gasteiger partial charge in [0.15, 0.2) is 0 Å². The Morgan fingerprint density at radius 2 is 1.69 bits per heavy atom. The molecule has 2 fully saturated rings. The van der Waals surface area contributed by atoms with E-state index >= 15 is 0 Å². The lowest BCUT2D eigenvalue weighted by Gasteiger charge is -2.21. The summed E-state index contributed by atoms with van der Waals surface area (Å²) < 4.78 is 26.5. The first-order valence-corrected chi connectivity index (χ1v) is 10.4. The Morgan fingerprint density at radius 1 is 1.04 bits per heavy atom. The summed E-state index contributed by atoms with van der Waals surface area (Å²) in [5.41, 5.74) is 0.866.